The minimum absolute atomic E-state index is 0.00528. The van der Waals surface area contributed by atoms with Crippen LogP contribution in [0.25, 0.3) is 0 Å². The van der Waals surface area contributed by atoms with Gasteiger partial charge in [0, 0.05) is 10.8 Å². The van der Waals surface area contributed by atoms with E-state index in [1.54, 1.807) is 6.08 Å². The molecule has 0 radical (unpaired) electrons. The first-order chi connectivity index (χ1) is 20.0. The highest BCUT2D eigenvalue weighted by atomic mass is 16.3. The molecule has 0 bridgehead atoms. The van der Waals surface area contributed by atoms with Crippen molar-refractivity contribution in [3.8, 4) is 0 Å². The highest BCUT2D eigenvalue weighted by Gasteiger charge is 2.54. The van der Waals surface area contributed by atoms with Gasteiger partial charge in [-0.2, -0.15) is 0 Å². The third kappa shape index (κ3) is 10.3. The number of carbonyl (C=O) groups excluding carboxylic acids is 1. The molecule has 234 valence electrons. The van der Waals surface area contributed by atoms with E-state index in [4.69, 9.17) is 0 Å². The minimum Gasteiger partial charge on any atom is -0.393 e. The van der Waals surface area contributed by atoms with Crippen LogP contribution in [0.4, 0.5) is 0 Å². The Morgan fingerprint density at radius 1 is 0.721 bits per heavy atom. The van der Waals surface area contributed by atoms with E-state index in [0.29, 0.717) is 12.8 Å². The monoisotopic (exact) mass is 584 g/mol. The van der Waals surface area contributed by atoms with Gasteiger partial charge in [0.1, 0.15) is 0 Å². The molecule has 2 aliphatic carbocycles. The first kappa shape index (κ1) is 36.2. The fourth-order valence-electron chi connectivity index (χ4n) is 6.04. The van der Waals surface area contributed by atoms with Crippen molar-refractivity contribution < 1.29 is 15.0 Å². The Hall–Kier alpha value is -3.01. The summed E-state index contributed by atoms with van der Waals surface area (Å²) in [5.74, 6) is 0.0853. The molecule has 3 unspecified atom stereocenters. The van der Waals surface area contributed by atoms with Crippen molar-refractivity contribution in [1.29, 1.82) is 0 Å². The molecule has 0 aromatic heterocycles. The molecule has 0 spiro atoms. The molecule has 2 rings (SSSR count). The van der Waals surface area contributed by atoms with Crippen LogP contribution < -0.4 is 0 Å². The summed E-state index contributed by atoms with van der Waals surface area (Å²) in [4.78, 5) is 12.9. The van der Waals surface area contributed by atoms with Gasteiger partial charge < -0.3 is 10.2 Å². The van der Waals surface area contributed by atoms with Crippen molar-refractivity contribution in [2.24, 2.45) is 16.2 Å². The summed E-state index contributed by atoms with van der Waals surface area (Å²) < 4.78 is 0. The summed E-state index contributed by atoms with van der Waals surface area (Å²) in [5, 5.41) is 20.4. The van der Waals surface area contributed by atoms with E-state index in [9.17, 15) is 15.0 Å². The number of aliphatic hydroxyl groups excluding tert-OH is 2. The van der Waals surface area contributed by atoms with Crippen LogP contribution >= 0.6 is 0 Å². The molecule has 3 heteroatoms. The first-order valence-corrected chi connectivity index (χ1v) is 15.7. The topological polar surface area (TPSA) is 57.5 Å². The molecule has 1 fully saturated rings. The van der Waals surface area contributed by atoms with E-state index in [1.807, 2.05) is 64.2 Å². The number of allylic oxidation sites excluding steroid dienone is 19. The molecule has 43 heavy (non-hydrogen) atoms. The standard InChI is InChI=1S/C40H56O3/c1-29(17-13-19-31(3)21-23-35-33(5)27-34(41)28-38(35,6)7)15-11-12-16-30(2)18-14-20-32(4)22-24-37(43)40(10)26-25-36(42)39(40,8)9/h11-24,34,36,41-42H,25-28H2,1-10H3/b12-11+,17-13+,18-14?,23-21+,24-22?,29-15+,30-16?,31-19+,32-20?. The maximum atomic E-state index is 12.9. The van der Waals surface area contributed by atoms with Crippen LogP contribution in [0.3, 0.4) is 0 Å². The summed E-state index contributed by atoms with van der Waals surface area (Å²) in [7, 11) is 0. The molecule has 0 aromatic carbocycles. The third-order valence-corrected chi connectivity index (χ3v) is 9.47. The quantitative estimate of drug-likeness (QED) is 0.188. The molecule has 2 aliphatic rings. The molecule has 0 aromatic rings. The normalized spacial score (nSPS) is 27.7. The average Bonchev–Trinajstić information content (AvgIpc) is 3.11. The lowest BCUT2D eigenvalue weighted by molar-refractivity contribution is -0.130. The van der Waals surface area contributed by atoms with Gasteiger partial charge >= 0.3 is 0 Å². The van der Waals surface area contributed by atoms with E-state index in [1.165, 1.54) is 16.7 Å². The van der Waals surface area contributed by atoms with Crippen LogP contribution in [0.2, 0.25) is 0 Å². The predicted molar refractivity (Wildman–Crippen MR) is 185 cm³/mol. The Labute approximate surface area is 262 Å². The summed E-state index contributed by atoms with van der Waals surface area (Å²) in [5.41, 5.74) is 6.14. The van der Waals surface area contributed by atoms with Gasteiger partial charge in [0.25, 0.3) is 0 Å². The highest BCUT2D eigenvalue weighted by molar-refractivity contribution is 5.96. The van der Waals surface area contributed by atoms with Gasteiger partial charge in [0.05, 0.1) is 12.2 Å². The molecule has 0 heterocycles. The lowest BCUT2D eigenvalue weighted by Gasteiger charge is -2.38. The molecule has 1 saturated carbocycles. The molecule has 3 atom stereocenters. The van der Waals surface area contributed by atoms with Crippen molar-refractivity contribution >= 4 is 5.78 Å². The first-order valence-electron chi connectivity index (χ1n) is 15.7. The maximum absolute atomic E-state index is 12.9. The zero-order valence-corrected chi connectivity index (χ0v) is 28.4. The van der Waals surface area contributed by atoms with E-state index in [0.717, 1.165) is 29.6 Å². The molecule has 2 N–H and O–H groups in total. The Kier molecular flexibility index (Phi) is 13.2. The molecular formula is C40H56O3. The van der Waals surface area contributed by atoms with E-state index in [-0.39, 0.29) is 17.3 Å². The minimum atomic E-state index is -0.532. The average molecular weight is 585 g/mol. The van der Waals surface area contributed by atoms with Crippen LogP contribution in [-0.4, -0.2) is 28.2 Å². The fourth-order valence-corrected chi connectivity index (χ4v) is 6.04. The van der Waals surface area contributed by atoms with Gasteiger partial charge in [-0.05, 0) is 77.4 Å². The van der Waals surface area contributed by atoms with Gasteiger partial charge in [0.2, 0.25) is 0 Å². The molecule has 0 saturated heterocycles. The van der Waals surface area contributed by atoms with Crippen LogP contribution in [0.1, 0.15) is 94.9 Å². The van der Waals surface area contributed by atoms with Gasteiger partial charge in [-0.3, -0.25) is 4.79 Å². The largest absolute Gasteiger partial charge is 0.393 e. The van der Waals surface area contributed by atoms with Crippen LogP contribution in [0, 0.1) is 16.2 Å². The van der Waals surface area contributed by atoms with Crippen LogP contribution in [0.15, 0.2) is 119 Å². The number of ketones is 1. The van der Waals surface area contributed by atoms with Crippen molar-refractivity contribution in [2.75, 3.05) is 0 Å². The van der Waals surface area contributed by atoms with E-state index in [2.05, 4.69) is 84.1 Å². The van der Waals surface area contributed by atoms with Gasteiger partial charge in [-0.1, -0.05) is 141 Å². The third-order valence-electron chi connectivity index (χ3n) is 9.47. The van der Waals surface area contributed by atoms with Crippen molar-refractivity contribution in [3.63, 3.8) is 0 Å². The fraction of sp³-hybridized carbons (Fsp3) is 0.475. The molecule has 3 nitrogen and oxygen atoms in total. The second kappa shape index (κ2) is 15.6. The van der Waals surface area contributed by atoms with Crippen LogP contribution in [-0.2, 0) is 4.79 Å². The maximum Gasteiger partial charge on any atom is 0.162 e. The smallest absolute Gasteiger partial charge is 0.162 e. The number of rotatable bonds is 11. The van der Waals surface area contributed by atoms with E-state index >= 15 is 0 Å². The van der Waals surface area contributed by atoms with Gasteiger partial charge in [-0.15, -0.1) is 0 Å². The second-order valence-corrected chi connectivity index (χ2v) is 14.0. The number of hydrogen-bond acceptors (Lipinski definition) is 3. The zero-order chi connectivity index (χ0) is 32.4. The zero-order valence-electron chi connectivity index (χ0n) is 28.4. The summed E-state index contributed by atoms with van der Waals surface area (Å²) in [6, 6.07) is 0. The lowest BCUT2D eigenvalue weighted by Crippen LogP contribution is -2.41. The summed E-state index contributed by atoms with van der Waals surface area (Å²) >= 11 is 0. The van der Waals surface area contributed by atoms with Crippen molar-refractivity contribution in [2.45, 2.75) is 107 Å². The van der Waals surface area contributed by atoms with Gasteiger partial charge in [-0.25, -0.2) is 0 Å². The highest BCUT2D eigenvalue weighted by Crippen LogP contribution is 2.53. The number of carbonyl (C=O) groups is 1. The predicted octanol–water partition coefficient (Wildman–Crippen LogP) is 9.81. The van der Waals surface area contributed by atoms with Crippen LogP contribution in [0.5, 0.6) is 0 Å². The Morgan fingerprint density at radius 3 is 1.70 bits per heavy atom. The lowest BCUT2D eigenvalue weighted by atomic mass is 9.66. The molecule has 0 amide bonds. The van der Waals surface area contributed by atoms with Crippen molar-refractivity contribution in [3.05, 3.63) is 119 Å². The molecule has 0 aliphatic heterocycles. The Bertz CT molecular complexity index is 1310. The number of hydrogen-bond donors (Lipinski definition) is 2. The number of aliphatic hydroxyl groups is 2. The summed E-state index contributed by atoms with van der Waals surface area (Å²) in [6.07, 6.45) is 30.8. The second-order valence-electron chi connectivity index (χ2n) is 14.0. The summed E-state index contributed by atoms with van der Waals surface area (Å²) in [6.45, 7) is 20.7. The molecular weight excluding hydrogens is 528 g/mol. The Balaban J connectivity index is 1.89. The van der Waals surface area contributed by atoms with Crippen molar-refractivity contribution in [1.82, 2.24) is 0 Å². The SMILES string of the molecule is CC(C=CC(=O)C1(C)CCC(O)C1(C)C)=CC=CC(C)=C/C=C/C=C(C)/C=C/C=C(C)/C=C/C1=C(C)CC(O)CC1(C)C. The Morgan fingerprint density at radius 2 is 1.21 bits per heavy atom. The van der Waals surface area contributed by atoms with Gasteiger partial charge in [0.15, 0.2) is 5.78 Å². The van der Waals surface area contributed by atoms with E-state index < -0.39 is 16.9 Å².